The molecule has 0 bridgehead atoms. The second kappa shape index (κ2) is 6.05. The van der Waals surface area contributed by atoms with Crippen LogP contribution in [0.5, 0.6) is 0 Å². The summed E-state index contributed by atoms with van der Waals surface area (Å²) < 4.78 is 0. The van der Waals surface area contributed by atoms with E-state index in [9.17, 15) is 0 Å². The molecule has 2 N–H and O–H groups in total. The number of nitrogens with zero attached hydrogens (tertiary/aromatic N) is 1. The Morgan fingerprint density at radius 3 is 2.61 bits per heavy atom. The van der Waals surface area contributed by atoms with Gasteiger partial charge in [-0.1, -0.05) is 37.3 Å². The Bertz CT molecular complexity index is 482. The van der Waals surface area contributed by atoms with E-state index in [0.29, 0.717) is 6.04 Å². The van der Waals surface area contributed by atoms with E-state index >= 15 is 0 Å². The third-order valence-electron chi connectivity index (χ3n) is 2.97. The molecule has 1 aromatic carbocycles. The molecule has 0 saturated carbocycles. The van der Waals surface area contributed by atoms with Crippen molar-refractivity contribution in [2.75, 3.05) is 17.7 Å². The van der Waals surface area contributed by atoms with Gasteiger partial charge in [-0.25, -0.2) is 4.98 Å². The minimum absolute atomic E-state index is 0.332. The van der Waals surface area contributed by atoms with Gasteiger partial charge in [0.15, 0.2) is 0 Å². The van der Waals surface area contributed by atoms with Crippen LogP contribution in [0.25, 0.3) is 0 Å². The second-order valence-electron chi connectivity index (χ2n) is 4.20. The SMILES string of the molecule is CCC(Nc1ccnc(NC)c1)c1ccccc1. The van der Waals surface area contributed by atoms with Crippen molar-refractivity contribution in [1.82, 2.24) is 4.98 Å². The summed E-state index contributed by atoms with van der Waals surface area (Å²) in [5.74, 6) is 0.878. The van der Waals surface area contributed by atoms with Crippen LogP contribution in [0.1, 0.15) is 24.9 Å². The van der Waals surface area contributed by atoms with Crippen LogP contribution in [0.4, 0.5) is 11.5 Å². The van der Waals surface area contributed by atoms with Crippen LogP contribution in [0.2, 0.25) is 0 Å². The maximum atomic E-state index is 4.21. The number of benzene rings is 1. The summed E-state index contributed by atoms with van der Waals surface area (Å²) in [6.45, 7) is 2.19. The van der Waals surface area contributed by atoms with E-state index < -0.39 is 0 Å². The fraction of sp³-hybridized carbons (Fsp3) is 0.267. The quantitative estimate of drug-likeness (QED) is 0.838. The number of hydrogen-bond acceptors (Lipinski definition) is 3. The van der Waals surface area contributed by atoms with Crippen LogP contribution in [0.3, 0.4) is 0 Å². The van der Waals surface area contributed by atoms with E-state index in [0.717, 1.165) is 17.9 Å². The van der Waals surface area contributed by atoms with E-state index in [1.807, 2.05) is 31.4 Å². The molecule has 0 spiro atoms. The summed E-state index contributed by atoms with van der Waals surface area (Å²) in [5, 5.41) is 6.59. The first-order valence-electron chi connectivity index (χ1n) is 6.28. The topological polar surface area (TPSA) is 37.0 Å². The largest absolute Gasteiger partial charge is 0.378 e. The number of anilines is 2. The Labute approximate surface area is 108 Å². The van der Waals surface area contributed by atoms with Crippen molar-refractivity contribution in [2.45, 2.75) is 19.4 Å². The molecule has 18 heavy (non-hydrogen) atoms. The number of hydrogen-bond donors (Lipinski definition) is 2. The first kappa shape index (κ1) is 12.4. The molecule has 0 aliphatic heterocycles. The third-order valence-corrected chi connectivity index (χ3v) is 2.97. The van der Waals surface area contributed by atoms with Crippen molar-refractivity contribution in [3.05, 3.63) is 54.2 Å². The van der Waals surface area contributed by atoms with Crippen molar-refractivity contribution in [2.24, 2.45) is 0 Å². The van der Waals surface area contributed by atoms with Gasteiger partial charge >= 0.3 is 0 Å². The van der Waals surface area contributed by atoms with Gasteiger partial charge in [-0.3, -0.25) is 0 Å². The molecule has 2 rings (SSSR count). The zero-order valence-electron chi connectivity index (χ0n) is 10.9. The summed E-state index contributed by atoms with van der Waals surface area (Å²) in [7, 11) is 1.88. The van der Waals surface area contributed by atoms with Gasteiger partial charge in [0, 0.05) is 25.0 Å². The zero-order chi connectivity index (χ0) is 12.8. The smallest absolute Gasteiger partial charge is 0.127 e. The van der Waals surface area contributed by atoms with Gasteiger partial charge in [-0.05, 0) is 18.1 Å². The van der Waals surface area contributed by atoms with Crippen molar-refractivity contribution in [1.29, 1.82) is 0 Å². The van der Waals surface area contributed by atoms with Crippen molar-refractivity contribution in [3.63, 3.8) is 0 Å². The second-order valence-corrected chi connectivity index (χ2v) is 4.20. The van der Waals surface area contributed by atoms with Crippen LogP contribution in [-0.4, -0.2) is 12.0 Å². The molecule has 94 valence electrons. The van der Waals surface area contributed by atoms with Crippen molar-refractivity contribution >= 4 is 11.5 Å². The zero-order valence-corrected chi connectivity index (χ0v) is 10.9. The molecule has 3 nitrogen and oxygen atoms in total. The predicted molar refractivity (Wildman–Crippen MR) is 76.9 cm³/mol. The monoisotopic (exact) mass is 241 g/mol. The summed E-state index contributed by atoms with van der Waals surface area (Å²) in [4.78, 5) is 4.21. The molecule has 0 fully saturated rings. The van der Waals surface area contributed by atoms with Crippen LogP contribution in [0.15, 0.2) is 48.7 Å². The lowest BCUT2D eigenvalue weighted by Gasteiger charge is -2.19. The summed E-state index contributed by atoms with van der Waals surface area (Å²) in [6, 6.07) is 14.8. The average Bonchev–Trinajstić information content (AvgIpc) is 2.46. The minimum atomic E-state index is 0.332. The van der Waals surface area contributed by atoms with Crippen molar-refractivity contribution < 1.29 is 0 Å². The van der Waals surface area contributed by atoms with Crippen LogP contribution >= 0.6 is 0 Å². The first-order chi connectivity index (χ1) is 8.83. The summed E-state index contributed by atoms with van der Waals surface area (Å²) >= 11 is 0. The number of pyridine rings is 1. The molecule has 3 heteroatoms. The fourth-order valence-corrected chi connectivity index (χ4v) is 1.96. The number of rotatable bonds is 5. The standard InChI is InChI=1S/C15H19N3/c1-3-14(12-7-5-4-6-8-12)18-13-9-10-17-15(11-13)16-2/h4-11,14H,3H2,1-2H3,(H2,16,17,18). The van der Waals surface area contributed by atoms with Gasteiger partial charge < -0.3 is 10.6 Å². The number of nitrogens with one attached hydrogen (secondary N) is 2. The van der Waals surface area contributed by atoms with Gasteiger partial charge in [-0.2, -0.15) is 0 Å². The Morgan fingerprint density at radius 1 is 1.17 bits per heavy atom. The molecule has 1 heterocycles. The highest BCUT2D eigenvalue weighted by Gasteiger charge is 2.08. The van der Waals surface area contributed by atoms with E-state index in [4.69, 9.17) is 0 Å². The minimum Gasteiger partial charge on any atom is -0.378 e. The Kier molecular flexibility index (Phi) is 4.18. The van der Waals surface area contributed by atoms with E-state index in [1.165, 1.54) is 5.56 Å². The maximum absolute atomic E-state index is 4.21. The van der Waals surface area contributed by atoms with E-state index in [-0.39, 0.29) is 0 Å². The molecule has 2 aromatic rings. The Hall–Kier alpha value is -2.03. The van der Waals surface area contributed by atoms with Gasteiger partial charge in [0.1, 0.15) is 5.82 Å². The Balaban J connectivity index is 2.15. The third kappa shape index (κ3) is 3.00. The molecule has 0 saturated heterocycles. The predicted octanol–water partition coefficient (Wildman–Crippen LogP) is 3.69. The lowest BCUT2D eigenvalue weighted by molar-refractivity contribution is 0.749. The lowest BCUT2D eigenvalue weighted by atomic mass is 10.0. The highest BCUT2D eigenvalue weighted by molar-refractivity contribution is 5.52. The normalized spacial score (nSPS) is 11.9. The summed E-state index contributed by atoms with van der Waals surface area (Å²) in [6.07, 6.45) is 2.85. The van der Waals surface area contributed by atoms with Gasteiger partial charge in [0.25, 0.3) is 0 Å². The van der Waals surface area contributed by atoms with Crippen LogP contribution in [-0.2, 0) is 0 Å². The number of aromatic nitrogens is 1. The molecule has 0 amide bonds. The van der Waals surface area contributed by atoms with Gasteiger partial charge in [0.05, 0.1) is 6.04 Å². The summed E-state index contributed by atoms with van der Waals surface area (Å²) in [5.41, 5.74) is 2.40. The molecule has 1 atom stereocenters. The molecule has 0 aliphatic carbocycles. The van der Waals surface area contributed by atoms with E-state index in [1.54, 1.807) is 0 Å². The highest BCUT2D eigenvalue weighted by Crippen LogP contribution is 2.23. The maximum Gasteiger partial charge on any atom is 0.127 e. The highest BCUT2D eigenvalue weighted by atomic mass is 15.0. The van der Waals surface area contributed by atoms with Gasteiger partial charge in [0.2, 0.25) is 0 Å². The molecule has 1 aromatic heterocycles. The average molecular weight is 241 g/mol. The molecule has 1 unspecified atom stereocenters. The molecular formula is C15H19N3. The fourth-order valence-electron chi connectivity index (χ4n) is 1.96. The molecule has 0 aliphatic rings. The van der Waals surface area contributed by atoms with Crippen molar-refractivity contribution in [3.8, 4) is 0 Å². The van der Waals surface area contributed by atoms with E-state index in [2.05, 4.69) is 46.8 Å². The molecule has 0 radical (unpaired) electrons. The van der Waals surface area contributed by atoms with Crippen LogP contribution < -0.4 is 10.6 Å². The Morgan fingerprint density at radius 2 is 1.94 bits per heavy atom. The van der Waals surface area contributed by atoms with Crippen LogP contribution in [0, 0.1) is 0 Å². The lowest BCUT2D eigenvalue weighted by Crippen LogP contribution is -2.09. The molecular weight excluding hydrogens is 222 g/mol. The van der Waals surface area contributed by atoms with Gasteiger partial charge in [-0.15, -0.1) is 0 Å². The first-order valence-corrected chi connectivity index (χ1v) is 6.28.